The van der Waals surface area contributed by atoms with E-state index in [1.54, 1.807) is 41.5 Å². The fourth-order valence-corrected chi connectivity index (χ4v) is 3.28. The average Bonchev–Trinajstić information content (AvgIpc) is 3.07. The van der Waals surface area contributed by atoms with Gasteiger partial charge in [0.2, 0.25) is 0 Å². The Morgan fingerprint density at radius 3 is 2.64 bits per heavy atom. The molecule has 1 fully saturated rings. The van der Waals surface area contributed by atoms with Crippen LogP contribution in [0, 0.1) is 11.6 Å². The molecule has 1 N–H and O–H groups in total. The van der Waals surface area contributed by atoms with Crippen LogP contribution in [0.4, 0.5) is 8.78 Å². The van der Waals surface area contributed by atoms with E-state index in [1.807, 2.05) is 11.0 Å². The van der Waals surface area contributed by atoms with Gasteiger partial charge in [-0.05, 0) is 35.4 Å². The summed E-state index contributed by atoms with van der Waals surface area (Å²) < 4.78 is 29.2. The van der Waals surface area contributed by atoms with E-state index in [2.05, 4.69) is 4.98 Å². The number of hydrogen-bond acceptors (Lipinski definition) is 3. The van der Waals surface area contributed by atoms with Crippen molar-refractivity contribution < 1.29 is 13.9 Å². The summed E-state index contributed by atoms with van der Waals surface area (Å²) in [4.78, 5) is 5.91. The van der Waals surface area contributed by atoms with Gasteiger partial charge < -0.3 is 9.67 Å². The molecule has 0 aliphatic carbocycles. The molecule has 1 aromatic heterocycles. The number of imidazole rings is 1. The van der Waals surface area contributed by atoms with E-state index in [1.165, 1.54) is 18.2 Å². The highest BCUT2D eigenvalue weighted by atomic mass is 19.1. The molecule has 128 valence electrons. The number of benzene rings is 2. The van der Waals surface area contributed by atoms with Crippen molar-refractivity contribution in [2.24, 2.45) is 0 Å². The zero-order valence-electron chi connectivity index (χ0n) is 13.4. The normalized spacial score (nSPS) is 16.6. The average molecular weight is 341 g/mol. The van der Waals surface area contributed by atoms with Gasteiger partial charge in [-0.3, -0.25) is 4.90 Å². The molecule has 0 bridgehead atoms. The Morgan fingerprint density at radius 1 is 1.12 bits per heavy atom. The van der Waals surface area contributed by atoms with Gasteiger partial charge in [-0.25, -0.2) is 13.8 Å². The SMILES string of the molecule is OC1(c2cccc(F)c2)CN(Cc2ccc(-n3ccnc3)c(F)c2)C1. The maximum absolute atomic E-state index is 14.3. The van der Waals surface area contributed by atoms with Crippen LogP contribution in [0.2, 0.25) is 0 Å². The monoisotopic (exact) mass is 341 g/mol. The van der Waals surface area contributed by atoms with Gasteiger partial charge in [-0.15, -0.1) is 0 Å². The third-order valence-corrected chi connectivity index (χ3v) is 4.53. The smallest absolute Gasteiger partial charge is 0.147 e. The van der Waals surface area contributed by atoms with Crippen LogP contribution < -0.4 is 0 Å². The van der Waals surface area contributed by atoms with E-state index < -0.39 is 5.60 Å². The standard InChI is InChI=1S/C19H17F2N3O/c20-16-3-1-2-15(9-16)19(25)11-23(12-19)10-14-4-5-18(17(21)8-14)24-7-6-22-13-24/h1-9,13,25H,10-12H2. The molecule has 1 aliphatic heterocycles. The van der Waals surface area contributed by atoms with Gasteiger partial charge >= 0.3 is 0 Å². The molecule has 25 heavy (non-hydrogen) atoms. The van der Waals surface area contributed by atoms with Gasteiger partial charge in [0, 0.05) is 32.0 Å². The summed E-state index contributed by atoms with van der Waals surface area (Å²) in [5, 5.41) is 10.6. The molecule has 1 saturated heterocycles. The lowest BCUT2D eigenvalue weighted by molar-refractivity contribution is -0.108. The Hall–Kier alpha value is -2.57. The summed E-state index contributed by atoms with van der Waals surface area (Å²) in [6, 6.07) is 11.1. The highest BCUT2D eigenvalue weighted by Crippen LogP contribution is 2.33. The summed E-state index contributed by atoms with van der Waals surface area (Å²) in [5.41, 5.74) is 0.798. The third-order valence-electron chi connectivity index (χ3n) is 4.53. The summed E-state index contributed by atoms with van der Waals surface area (Å²) in [7, 11) is 0. The van der Waals surface area contributed by atoms with E-state index in [9.17, 15) is 13.9 Å². The minimum atomic E-state index is -1.04. The second-order valence-electron chi connectivity index (χ2n) is 6.44. The maximum Gasteiger partial charge on any atom is 0.147 e. The second-order valence-corrected chi connectivity index (χ2v) is 6.44. The predicted octanol–water partition coefficient (Wildman–Crippen LogP) is 2.85. The van der Waals surface area contributed by atoms with Crippen molar-refractivity contribution in [2.75, 3.05) is 13.1 Å². The molecular weight excluding hydrogens is 324 g/mol. The number of rotatable bonds is 4. The molecule has 3 aromatic rings. The summed E-state index contributed by atoms with van der Waals surface area (Å²) in [6.07, 6.45) is 4.83. The number of β-amino-alcohol motifs (C(OH)–C–C–N with tert-alkyl or cyclic N) is 1. The highest BCUT2D eigenvalue weighted by Gasteiger charge is 2.42. The molecule has 2 aromatic carbocycles. The van der Waals surface area contributed by atoms with Crippen LogP contribution >= 0.6 is 0 Å². The number of aromatic nitrogens is 2. The molecule has 0 atom stereocenters. The topological polar surface area (TPSA) is 41.3 Å². The molecular formula is C19H17F2N3O. The van der Waals surface area contributed by atoms with Crippen molar-refractivity contribution in [3.8, 4) is 5.69 Å². The van der Waals surface area contributed by atoms with E-state index >= 15 is 0 Å². The fraction of sp³-hybridized carbons (Fsp3) is 0.211. The van der Waals surface area contributed by atoms with Crippen LogP contribution in [-0.2, 0) is 12.1 Å². The van der Waals surface area contributed by atoms with Crippen LogP contribution in [0.3, 0.4) is 0 Å². The summed E-state index contributed by atoms with van der Waals surface area (Å²) in [6.45, 7) is 1.31. The first-order valence-electron chi connectivity index (χ1n) is 8.01. The fourth-order valence-electron chi connectivity index (χ4n) is 3.28. The third kappa shape index (κ3) is 3.06. The quantitative estimate of drug-likeness (QED) is 0.793. The van der Waals surface area contributed by atoms with Crippen molar-refractivity contribution in [1.29, 1.82) is 0 Å². The minimum absolute atomic E-state index is 0.323. The Kier molecular flexibility index (Phi) is 3.86. The lowest BCUT2D eigenvalue weighted by atomic mass is 9.86. The van der Waals surface area contributed by atoms with Crippen molar-refractivity contribution in [3.05, 3.63) is 83.9 Å². The molecule has 0 unspecified atom stereocenters. The lowest BCUT2D eigenvalue weighted by Gasteiger charge is -2.47. The van der Waals surface area contributed by atoms with Gasteiger partial charge in [0.25, 0.3) is 0 Å². The number of hydrogen-bond donors (Lipinski definition) is 1. The Morgan fingerprint density at radius 2 is 1.96 bits per heavy atom. The van der Waals surface area contributed by atoms with Crippen LogP contribution in [0.15, 0.2) is 61.2 Å². The predicted molar refractivity (Wildman–Crippen MR) is 89.1 cm³/mol. The zero-order chi connectivity index (χ0) is 17.4. The van der Waals surface area contributed by atoms with E-state index in [0.717, 1.165) is 5.56 Å². The first-order chi connectivity index (χ1) is 12.0. The molecule has 0 spiro atoms. The highest BCUT2D eigenvalue weighted by molar-refractivity contribution is 5.37. The van der Waals surface area contributed by atoms with Crippen molar-refractivity contribution in [3.63, 3.8) is 0 Å². The van der Waals surface area contributed by atoms with Crippen molar-refractivity contribution in [2.45, 2.75) is 12.1 Å². The molecule has 0 saturated carbocycles. The Labute approximate surface area is 144 Å². The molecule has 0 radical (unpaired) electrons. The molecule has 4 nitrogen and oxygen atoms in total. The van der Waals surface area contributed by atoms with Crippen molar-refractivity contribution >= 4 is 0 Å². The van der Waals surface area contributed by atoms with E-state index in [0.29, 0.717) is 30.9 Å². The number of halogens is 2. The molecule has 6 heteroatoms. The van der Waals surface area contributed by atoms with Gasteiger partial charge in [0.1, 0.15) is 17.2 Å². The number of aliphatic hydroxyl groups is 1. The van der Waals surface area contributed by atoms with E-state index in [4.69, 9.17) is 0 Å². The molecule has 0 amide bonds. The van der Waals surface area contributed by atoms with Crippen molar-refractivity contribution in [1.82, 2.24) is 14.5 Å². The molecule has 2 heterocycles. The molecule has 1 aliphatic rings. The van der Waals surface area contributed by atoms with Gasteiger partial charge in [-0.1, -0.05) is 18.2 Å². The number of likely N-dealkylation sites (tertiary alicyclic amines) is 1. The minimum Gasteiger partial charge on any atom is -0.382 e. The summed E-state index contributed by atoms with van der Waals surface area (Å²) in [5.74, 6) is -0.682. The first-order valence-corrected chi connectivity index (χ1v) is 8.01. The van der Waals surface area contributed by atoms with Gasteiger partial charge in [0.05, 0.1) is 12.0 Å². The summed E-state index contributed by atoms with van der Waals surface area (Å²) >= 11 is 0. The first kappa shape index (κ1) is 15.9. The largest absolute Gasteiger partial charge is 0.382 e. The number of nitrogens with zero attached hydrogens (tertiary/aromatic N) is 3. The maximum atomic E-state index is 14.3. The van der Waals surface area contributed by atoms with Crippen LogP contribution in [-0.4, -0.2) is 32.6 Å². The Bertz CT molecular complexity index is 889. The zero-order valence-corrected chi connectivity index (χ0v) is 13.4. The van der Waals surface area contributed by atoms with Crippen LogP contribution in [0.25, 0.3) is 5.69 Å². The lowest BCUT2D eigenvalue weighted by Crippen LogP contribution is -2.58. The molecule has 4 rings (SSSR count). The van der Waals surface area contributed by atoms with Crippen LogP contribution in [0.5, 0.6) is 0 Å². The van der Waals surface area contributed by atoms with Crippen LogP contribution in [0.1, 0.15) is 11.1 Å². The van der Waals surface area contributed by atoms with E-state index in [-0.39, 0.29) is 11.6 Å². The second kappa shape index (κ2) is 6.06. The van der Waals surface area contributed by atoms with Gasteiger partial charge in [0.15, 0.2) is 0 Å². The van der Waals surface area contributed by atoms with Gasteiger partial charge in [-0.2, -0.15) is 0 Å². The Balaban J connectivity index is 1.44.